The molecule has 37 heavy (non-hydrogen) atoms. The molecule has 2 aliphatic rings. The van der Waals surface area contributed by atoms with Crippen molar-refractivity contribution in [2.24, 2.45) is 7.05 Å². The molecule has 0 radical (unpaired) electrons. The summed E-state index contributed by atoms with van der Waals surface area (Å²) in [7, 11) is 1.81. The molecule has 1 fully saturated rings. The van der Waals surface area contributed by atoms with Crippen molar-refractivity contribution in [1.82, 2.24) is 25.6 Å². The number of hydrogen-bond acceptors (Lipinski definition) is 6. The van der Waals surface area contributed by atoms with E-state index in [-0.39, 0.29) is 30.5 Å². The Hall–Kier alpha value is -3.37. The van der Waals surface area contributed by atoms with Crippen molar-refractivity contribution in [1.29, 1.82) is 0 Å². The quantitative estimate of drug-likeness (QED) is 0.430. The van der Waals surface area contributed by atoms with E-state index in [1.807, 2.05) is 31.4 Å². The molecule has 10 heteroatoms. The van der Waals surface area contributed by atoms with E-state index in [4.69, 9.17) is 4.74 Å². The Kier molecular flexibility index (Phi) is 6.96. The van der Waals surface area contributed by atoms with E-state index in [0.717, 1.165) is 54.3 Å². The molecular weight excluding hydrogens is 480 g/mol. The van der Waals surface area contributed by atoms with Crippen LogP contribution >= 0.6 is 0 Å². The van der Waals surface area contributed by atoms with Gasteiger partial charge in [0, 0.05) is 50.2 Å². The molecule has 1 aliphatic carbocycles. The molecule has 3 aromatic rings. The van der Waals surface area contributed by atoms with Gasteiger partial charge in [0.25, 0.3) is 0 Å². The Balaban J connectivity index is 1.35. The van der Waals surface area contributed by atoms with E-state index >= 15 is 0 Å². The van der Waals surface area contributed by atoms with Crippen molar-refractivity contribution in [2.75, 3.05) is 6.54 Å². The number of nitrogens with zero attached hydrogens (tertiary/aromatic N) is 3. The highest BCUT2D eigenvalue weighted by Crippen LogP contribution is 2.49. The monoisotopic (exact) mass is 511 g/mol. The number of nitrogens with one attached hydrogen (secondary N) is 2. The van der Waals surface area contributed by atoms with Gasteiger partial charge >= 0.3 is 0 Å². The number of carbonyl (C=O) groups is 1. The molecule has 1 aromatic heterocycles. The first-order valence-electron chi connectivity index (χ1n) is 12.5. The van der Waals surface area contributed by atoms with Gasteiger partial charge in [-0.05, 0) is 61.6 Å². The van der Waals surface area contributed by atoms with Gasteiger partial charge in [0.05, 0.1) is 18.3 Å². The largest absolute Gasteiger partial charge is 0.487 e. The highest BCUT2D eigenvalue weighted by molar-refractivity contribution is 5.73. The Morgan fingerprint density at radius 2 is 2.00 bits per heavy atom. The predicted octanol–water partition coefficient (Wildman–Crippen LogP) is 3.20. The van der Waals surface area contributed by atoms with Crippen LogP contribution in [0.25, 0.3) is 11.3 Å². The van der Waals surface area contributed by atoms with Crippen molar-refractivity contribution in [3.8, 4) is 17.0 Å². The number of aryl methyl sites for hydroxylation is 1. The van der Waals surface area contributed by atoms with Crippen LogP contribution in [0.15, 0.2) is 42.6 Å². The molecule has 1 spiro atoms. The zero-order valence-electron chi connectivity index (χ0n) is 20.9. The number of ether oxygens (including phenoxy) is 1. The van der Waals surface area contributed by atoms with E-state index in [9.17, 15) is 18.7 Å². The third-order valence-corrected chi connectivity index (χ3v) is 7.26. The Morgan fingerprint density at radius 3 is 2.62 bits per heavy atom. The molecule has 1 amide bonds. The molecule has 0 bridgehead atoms. The van der Waals surface area contributed by atoms with Gasteiger partial charge in [-0.1, -0.05) is 5.21 Å². The molecule has 2 heterocycles. The zero-order chi connectivity index (χ0) is 26.2. The molecule has 1 saturated carbocycles. The van der Waals surface area contributed by atoms with E-state index < -0.39 is 23.8 Å². The van der Waals surface area contributed by atoms with E-state index in [0.29, 0.717) is 5.56 Å². The fourth-order valence-corrected chi connectivity index (χ4v) is 5.30. The van der Waals surface area contributed by atoms with Crippen LogP contribution in [0.1, 0.15) is 49.8 Å². The van der Waals surface area contributed by atoms with E-state index in [1.54, 1.807) is 4.68 Å². The van der Waals surface area contributed by atoms with Crippen molar-refractivity contribution >= 4 is 5.91 Å². The van der Waals surface area contributed by atoms with Gasteiger partial charge in [-0.25, -0.2) is 8.78 Å². The molecule has 196 valence electrons. The number of benzene rings is 2. The van der Waals surface area contributed by atoms with Gasteiger partial charge in [0.1, 0.15) is 28.7 Å². The first-order valence-corrected chi connectivity index (χ1v) is 12.5. The Bertz CT molecular complexity index is 1270. The minimum Gasteiger partial charge on any atom is -0.487 e. The smallest absolute Gasteiger partial charge is 0.217 e. The fraction of sp³-hybridized carbons (Fsp3) is 0.444. The summed E-state index contributed by atoms with van der Waals surface area (Å²) in [4.78, 5) is 11.8. The summed E-state index contributed by atoms with van der Waals surface area (Å²) in [6.45, 7) is 1.51. The lowest BCUT2D eigenvalue weighted by Crippen LogP contribution is -2.52. The number of hydrogen-bond donors (Lipinski definition) is 3. The number of fused-ring (bicyclic) bond motifs is 1. The van der Waals surface area contributed by atoms with Crippen LogP contribution in [-0.4, -0.2) is 50.3 Å². The number of rotatable bonds is 8. The lowest BCUT2D eigenvalue weighted by atomic mass is 9.72. The minimum atomic E-state index is -0.998. The Labute approximate surface area is 214 Å². The summed E-state index contributed by atoms with van der Waals surface area (Å²) >= 11 is 0. The van der Waals surface area contributed by atoms with Crippen molar-refractivity contribution in [2.45, 2.75) is 62.8 Å². The fourth-order valence-electron chi connectivity index (χ4n) is 5.30. The molecule has 2 aromatic carbocycles. The topological polar surface area (TPSA) is 101 Å². The van der Waals surface area contributed by atoms with Crippen LogP contribution in [0, 0.1) is 11.6 Å². The predicted molar refractivity (Wildman–Crippen MR) is 133 cm³/mol. The maximum atomic E-state index is 13.7. The highest BCUT2D eigenvalue weighted by atomic mass is 19.1. The van der Waals surface area contributed by atoms with Gasteiger partial charge in [-0.15, -0.1) is 5.10 Å². The lowest BCUT2D eigenvalue weighted by Gasteiger charge is -2.48. The van der Waals surface area contributed by atoms with Gasteiger partial charge in [0.2, 0.25) is 5.91 Å². The molecule has 5 rings (SSSR count). The minimum absolute atomic E-state index is 0.0855. The summed E-state index contributed by atoms with van der Waals surface area (Å²) in [6.07, 6.45) is 4.73. The summed E-state index contributed by atoms with van der Waals surface area (Å²) in [6, 6.07) is 8.36. The molecular formula is C27H31F2N5O3. The van der Waals surface area contributed by atoms with E-state index in [2.05, 4.69) is 20.9 Å². The third kappa shape index (κ3) is 5.65. The standard InChI is InChI=1S/C27H31F2N5O3/c1-16(35)31-22(10-17-8-19(28)12-20(29)9-17)25(36)14-30-23-13-27(6-3-7-27)37-26-5-4-18(11-21(23)26)24-15-34(2)33-32-24/h4-5,8-9,11-12,15,22-23,25,30,36H,3,6-7,10,13-14H2,1-2H3,(H,31,35)/t22-,23-,25-/m0/s1. The summed E-state index contributed by atoms with van der Waals surface area (Å²) in [5.74, 6) is -0.931. The second kappa shape index (κ2) is 10.2. The molecule has 1 aliphatic heterocycles. The average molecular weight is 512 g/mol. The zero-order valence-corrected chi connectivity index (χ0v) is 20.9. The second-order valence-corrected chi connectivity index (χ2v) is 10.2. The maximum absolute atomic E-state index is 13.7. The van der Waals surface area contributed by atoms with Gasteiger partial charge in [-0.2, -0.15) is 0 Å². The lowest BCUT2D eigenvalue weighted by molar-refractivity contribution is -0.120. The number of aliphatic hydroxyl groups excluding tert-OH is 1. The van der Waals surface area contributed by atoms with Crippen molar-refractivity contribution in [3.05, 3.63) is 65.4 Å². The van der Waals surface area contributed by atoms with Crippen LogP contribution in [0.5, 0.6) is 5.75 Å². The SMILES string of the molecule is CC(=O)N[C@@H](Cc1cc(F)cc(F)c1)[C@@H](O)CN[C@H]1CC2(CCC2)Oc2ccc(-c3cn(C)nn3)cc21. The van der Waals surface area contributed by atoms with Gasteiger partial charge in [-0.3, -0.25) is 9.48 Å². The van der Waals surface area contributed by atoms with Gasteiger partial charge in [0.15, 0.2) is 0 Å². The van der Waals surface area contributed by atoms with Crippen LogP contribution in [0.2, 0.25) is 0 Å². The van der Waals surface area contributed by atoms with Crippen LogP contribution < -0.4 is 15.4 Å². The van der Waals surface area contributed by atoms with Crippen LogP contribution in [0.3, 0.4) is 0 Å². The molecule has 8 nitrogen and oxygen atoms in total. The third-order valence-electron chi connectivity index (χ3n) is 7.26. The van der Waals surface area contributed by atoms with Gasteiger partial charge < -0.3 is 20.5 Å². The number of amides is 1. The van der Waals surface area contributed by atoms with Crippen molar-refractivity contribution in [3.63, 3.8) is 0 Å². The van der Waals surface area contributed by atoms with Crippen LogP contribution in [0.4, 0.5) is 8.78 Å². The van der Waals surface area contributed by atoms with Crippen molar-refractivity contribution < 1.29 is 23.4 Å². The molecule has 3 N–H and O–H groups in total. The normalized spacial score (nSPS) is 19.4. The first-order chi connectivity index (χ1) is 17.7. The number of halogens is 2. The number of aromatic nitrogens is 3. The first kappa shape index (κ1) is 25.3. The van der Waals surface area contributed by atoms with E-state index in [1.165, 1.54) is 19.1 Å². The second-order valence-electron chi connectivity index (χ2n) is 10.2. The van der Waals surface area contributed by atoms with Crippen LogP contribution in [-0.2, 0) is 18.3 Å². The summed E-state index contributed by atoms with van der Waals surface area (Å²) in [5, 5.41) is 25.5. The molecule has 3 atom stereocenters. The maximum Gasteiger partial charge on any atom is 0.217 e. The molecule has 0 unspecified atom stereocenters. The average Bonchev–Trinajstić information content (AvgIpc) is 3.25. The highest BCUT2D eigenvalue weighted by Gasteiger charge is 2.45. The number of aliphatic hydroxyl groups is 1. The molecule has 0 saturated heterocycles. The Morgan fingerprint density at radius 1 is 1.24 bits per heavy atom. The summed E-state index contributed by atoms with van der Waals surface area (Å²) < 4.78 is 35.5. The summed E-state index contributed by atoms with van der Waals surface area (Å²) in [5.41, 5.74) is 2.77. The number of carbonyl (C=O) groups excluding carboxylic acids is 1.